The van der Waals surface area contributed by atoms with E-state index in [1.807, 2.05) is 0 Å². The molecular formula is C14H26O5. The van der Waals surface area contributed by atoms with Crippen molar-refractivity contribution in [2.24, 2.45) is 0 Å². The third-order valence-corrected chi connectivity index (χ3v) is 1.96. The SMILES string of the molecule is CC(C)(C)OC(=O)CCCC(O)C(=O)OC(C)(C)C. The topological polar surface area (TPSA) is 72.8 Å². The van der Waals surface area contributed by atoms with Gasteiger partial charge in [-0.2, -0.15) is 0 Å². The molecule has 5 heteroatoms. The van der Waals surface area contributed by atoms with Gasteiger partial charge in [0.25, 0.3) is 0 Å². The smallest absolute Gasteiger partial charge is 0.335 e. The molecule has 0 aliphatic rings. The molecule has 0 aliphatic carbocycles. The van der Waals surface area contributed by atoms with Gasteiger partial charge in [0.1, 0.15) is 11.2 Å². The van der Waals surface area contributed by atoms with Gasteiger partial charge in [-0.05, 0) is 54.4 Å². The first-order chi connectivity index (χ1) is 8.41. The van der Waals surface area contributed by atoms with E-state index in [9.17, 15) is 14.7 Å². The molecule has 0 aromatic rings. The summed E-state index contributed by atoms with van der Waals surface area (Å²) >= 11 is 0. The molecule has 0 saturated heterocycles. The second kappa shape index (κ2) is 6.89. The van der Waals surface area contributed by atoms with Gasteiger partial charge < -0.3 is 14.6 Å². The summed E-state index contributed by atoms with van der Waals surface area (Å²) < 4.78 is 10.2. The zero-order chi connectivity index (χ0) is 15.3. The first-order valence-corrected chi connectivity index (χ1v) is 6.53. The minimum atomic E-state index is -1.19. The summed E-state index contributed by atoms with van der Waals surface area (Å²) in [6, 6.07) is 0. The fraction of sp³-hybridized carbons (Fsp3) is 0.857. The van der Waals surface area contributed by atoms with E-state index in [1.54, 1.807) is 41.5 Å². The summed E-state index contributed by atoms with van der Waals surface area (Å²) in [7, 11) is 0. The highest BCUT2D eigenvalue weighted by atomic mass is 16.6. The van der Waals surface area contributed by atoms with Crippen LogP contribution in [0.15, 0.2) is 0 Å². The minimum Gasteiger partial charge on any atom is -0.460 e. The van der Waals surface area contributed by atoms with Crippen LogP contribution >= 0.6 is 0 Å². The molecule has 112 valence electrons. The number of aliphatic hydroxyl groups excluding tert-OH is 1. The molecule has 0 fully saturated rings. The summed E-state index contributed by atoms with van der Waals surface area (Å²) in [6.07, 6.45) is -0.442. The monoisotopic (exact) mass is 274 g/mol. The van der Waals surface area contributed by atoms with Gasteiger partial charge in [0, 0.05) is 6.42 Å². The van der Waals surface area contributed by atoms with E-state index in [2.05, 4.69) is 0 Å². The Morgan fingerprint density at radius 3 is 1.89 bits per heavy atom. The maximum atomic E-state index is 11.5. The molecule has 0 spiro atoms. The van der Waals surface area contributed by atoms with Crippen molar-refractivity contribution < 1.29 is 24.2 Å². The summed E-state index contributed by atoms with van der Waals surface area (Å²) in [5.41, 5.74) is -1.13. The maximum absolute atomic E-state index is 11.5. The fourth-order valence-corrected chi connectivity index (χ4v) is 1.32. The number of rotatable bonds is 5. The summed E-state index contributed by atoms with van der Waals surface area (Å²) in [5, 5.41) is 9.60. The number of esters is 2. The lowest BCUT2D eigenvalue weighted by Gasteiger charge is -2.22. The predicted octanol–water partition coefficient (Wildman–Crippen LogP) is 2.20. The van der Waals surface area contributed by atoms with Crippen LogP contribution in [-0.2, 0) is 19.1 Å². The third-order valence-electron chi connectivity index (χ3n) is 1.96. The molecule has 0 aliphatic heterocycles. The largest absolute Gasteiger partial charge is 0.460 e. The Kier molecular flexibility index (Phi) is 6.49. The normalized spacial score (nSPS) is 13.8. The number of hydrogen-bond donors (Lipinski definition) is 1. The minimum absolute atomic E-state index is 0.178. The van der Waals surface area contributed by atoms with Gasteiger partial charge in [-0.1, -0.05) is 0 Å². The lowest BCUT2D eigenvalue weighted by molar-refractivity contribution is -0.166. The quantitative estimate of drug-likeness (QED) is 0.778. The molecule has 0 aromatic carbocycles. The van der Waals surface area contributed by atoms with Gasteiger partial charge >= 0.3 is 11.9 Å². The van der Waals surface area contributed by atoms with Crippen molar-refractivity contribution in [2.45, 2.75) is 78.1 Å². The third kappa shape index (κ3) is 10.5. The van der Waals surface area contributed by atoms with Crippen LogP contribution in [0.3, 0.4) is 0 Å². The first-order valence-electron chi connectivity index (χ1n) is 6.53. The summed E-state index contributed by atoms with van der Waals surface area (Å²) in [5.74, 6) is -0.986. The van der Waals surface area contributed by atoms with Crippen molar-refractivity contribution in [3.8, 4) is 0 Å². The first kappa shape index (κ1) is 17.9. The molecule has 0 saturated carbocycles. The fourth-order valence-electron chi connectivity index (χ4n) is 1.32. The van der Waals surface area contributed by atoms with Crippen molar-refractivity contribution >= 4 is 11.9 Å². The number of carbonyl (C=O) groups is 2. The van der Waals surface area contributed by atoms with Crippen LogP contribution in [0.25, 0.3) is 0 Å². The highest BCUT2D eigenvalue weighted by Crippen LogP contribution is 2.13. The zero-order valence-corrected chi connectivity index (χ0v) is 12.8. The van der Waals surface area contributed by atoms with Crippen LogP contribution in [-0.4, -0.2) is 34.4 Å². The van der Waals surface area contributed by atoms with E-state index in [0.29, 0.717) is 6.42 Å². The molecule has 0 amide bonds. The van der Waals surface area contributed by atoms with Crippen LogP contribution in [0.5, 0.6) is 0 Å². The molecule has 1 N–H and O–H groups in total. The highest BCUT2D eigenvalue weighted by Gasteiger charge is 2.23. The van der Waals surface area contributed by atoms with E-state index < -0.39 is 23.3 Å². The maximum Gasteiger partial charge on any atom is 0.335 e. The molecule has 0 aromatic heterocycles. The Labute approximate surface area is 115 Å². The van der Waals surface area contributed by atoms with E-state index in [4.69, 9.17) is 9.47 Å². The van der Waals surface area contributed by atoms with E-state index in [-0.39, 0.29) is 18.8 Å². The Hall–Kier alpha value is -1.10. The van der Waals surface area contributed by atoms with Crippen molar-refractivity contribution in [3.63, 3.8) is 0 Å². The summed E-state index contributed by atoms with van der Waals surface area (Å²) in [6.45, 7) is 10.6. The molecule has 19 heavy (non-hydrogen) atoms. The molecule has 0 radical (unpaired) electrons. The average Bonchev–Trinajstić information content (AvgIpc) is 2.11. The second-order valence-electron chi connectivity index (χ2n) is 6.53. The van der Waals surface area contributed by atoms with Crippen LogP contribution < -0.4 is 0 Å². The van der Waals surface area contributed by atoms with Crippen LogP contribution in [0.1, 0.15) is 60.8 Å². The molecule has 0 bridgehead atoms. The average molecular weight is 274 g/mol. The van der Waals surface area contributed by atoms with Gasteiger partial charge in [0.2, 0.25) is 0 Å². The molecule has 5 nitrogen and oxygen atoms in total. The van der Waals surface area contributed by atoms with Gasteiger partial charge in [-0.15, -0.1) is 0 Å². The van der Waals surface area contributed by atoms with Gasteiger partial charge in [-0.25, -0.2) is 4.79 Å². The standard InChI is InChI=1S/C14H26O5/c1-13(2,3)18-11(16)9-7-8-10(15)12(17)19-14(4,5)6/h10,15H,7-9H2,1-6H3. The molecule has 0 heterocycles. The summed E-state index contributed by atoms with van der Waals surface area (Å²) in [4.78, 5) is 22.9. The molecular weight excluding hydrogens is 248 g/mol. The molecule has 1 unspecified atom stereocenters. The Balaban J connectivity index is 3.95. The number of ether oxygens (including phenoxy) is 2. The molecule has 1 atom stereocenters. The van der Waals surface area contributed by atoms with E-state index in [1.165, 1.54) is 0 Å². The van der Waals surface area contributed by atoms with E-state index >= 15 is 0 Å². The van der Waals surface area contributed by atoms with Gasteiger partial charge in [0.15, 0.2) is 6.10 Å². The van der Waals surface area contributed by atoms with Crippen LogP contribution in [0.4, 0.5) is 0 Å². The van der Waals surface area contributed by atoms with E-state index in [0.717, 1.165) is 0 Å². The Morgan fingerprint density at radius 1 is 1.00 bits per heavy atom. The lowest BCUT2D eigenvalue weighted by Crippen LogP contribution is -2.32. The van der Waals surface area contributed by atoms with Gasteiger partial charge in [0.05, 0.1) is 0 Å². The van der Waals surface area contributed by atoms with Crippen molar-refractivity contribution in [2.75, 3.05) is 0 Å². The predicted molar refractivity (Wildman–Crippen MR) is 71.5 cm³/mol. The van der Waals surface area contributed by atoms with Crippen molar-refractivity contribution in [1.29, 1.82) is 0 Å². The van der Waals surface area contributed by atoms with Crippen LogP contribution in [0.2, 0.25) is 0 Å². The van der Waals surface area contributed by atoms with Crippen molar-refractivity contribution in [1.82, 2.24) is 0 Å². The Morgan fingerprint density at radius 2 is 1.47 bits per heavy atom. The van der Waals surface area contributed by atoms with Crippen LogP contribution in [0, 0.1) is 0 Å². The highest BCUT2D eigenvalue weighted by molar-refractivity contribution is 5.75. The number of aliphatic hydroxyl groups is 1. The van der Waals surface area contributed by atoms with Gasteiger partial charge in [-0.3, -0.25) is 4.79 Å². The Bertz CT molecular complexity index is 309. The van der Waals surface area contributed by atoms with Crippen molar-refractivity contribution in [3.05, 3.63) is 0 Å². The zero-order valence-electron chi connectivity index (χ0n) is 12.8. The molecule has 0 rings (SSSR count). The second-order valence-corrected chi connectivity index (χ2v) is 6.53. The lowest BCUT2D eigenvalue weighted by atomic mass is 10.1. The number of hydrogen-bond acceptors (Lipinski definition) is 5. The number of carbonyl (C=O) groups excluding carboxylic acids is 2.